The third-order valence-electron chi connectivity index (χ3n) is 9.66. The summed E-state index contributed by atoms with van der Waals surface area (Å²) in [5, 5.41) is 11.7. The summed E-state index contributed by atoms with van der Waals surface area (Å²) in [6, 6.07) is 16.4. The van der Waals surface area contributed by atoms with Gasteiger partial charge in [0.15, 0.2) is 11.5 Å². The zero-order valence-electron chi connectivity index (χ0n) is 31.6. The molecule has 1 atom stereocenters. The van der Waals surface area contributed by atoms with E-state index in [-0.39, 0.29) is 47.9 Å². The molecule has 0 bridgehead atoms. The summed E-state index contributed by atoms with van der Waals surface area (Å²) in [6.07, 6.45) is 4.48. The molecule has 0 saturated heterocycles. The number of carbonyl (C=O) groups excluding carboxylic acids is 4. The summed E-state index contributed by atoms with van der Waals surface area (Å²) in [5.41, 5.74) is 4.77. The van der Waals surface area contributed by atoms with Crippen LogP contribution in [0.5, 0.6) is 11.5 Å². The number of carbonyl (C=O) groups is 4. The molecule has 2 aliphatic heterocycles. The fraction of sp³-hybridized carbons (Fsp3) is 0.375. The first-order chi connectivity index (χ1) is 25.9. The highest BCUT2D eigenvalue weighted by molar-refractivity contribution is 6.12. The molecule has 4 amide bonds. The largest absolute Gasteiger partial charge is 0.493 e. The molecule has 4 heterocycles. The van der Waals surface area contributed by atoms with Gasteiger partial charge in [0, 0.05) is 58.1 Å². The summed E-state index contributed by atoms with van der Waals surface area (Å²) in [5.74, 6) is -0.0521. The normalized spacial score (nSPS) is 14.8. The number of hydrogen-bond acceptors (Lipinski definition) is 9. The van der Waals surface area contributed by atoms with Crippen molar-refractivity contribution in [3.8, 4) is 11.5 Å². The van der Waals surface area contributed by atoms with E-state index in [1.54, 1.807) is 36.0 Å². The Morgan fingerprint density at radius 3 is 2.48 bits per heavy atom. The standard InChI is InChI=1S/C40H48N8O6/c1-40(2,23-41-3)24-43-38(51)33-17-27(21-46(33)4)45-37(50)30-14-13-26(20-42-30)44-36(49)12-9-15-54-35-19-32-29(18-34(35)53-6)39(52)48-28(22-47(32)5)16-25-10-7-8-11-31(25)48/h7-8,10-11,13-14,17-21,28,41H,9,12,15-16,22-24H2,1-6H3,(H,43,51)(H,44,49)(H,45,50)/t28-/m0/s1. The second-order valence-electron chi connectivity index (χ2n) is 14.6. The van der Waals surface area contributed by atoms with Gasteiger partial charge in [-0.3, -0.25) is 19.2 Å². The van der Waals surface area contributed by atoms with Crippen LogP contribution in [0.4, 0.5) is 22.7 Å². The summed E-state index contributed by atoms with van der Waals surface area (Å²) in [6.45, 7) is 6.27. The number of likely N-dealkylation sites (N-methyl/N-ethyl adjacent to an activating group) is 1. The van der Waals surface area contributed by atoms with E-state index in [4.69, 9.17) is 9.47 Å². The van der Waals surface area contributed by atoms with Crippen LogP contribution in [0, 0.1) is 5.41 Å². The number of methoxy groups -OCH3 is 1. The van der Waals surface area contributed by atoms with Crippen LogP contribution in [-0.4, -0.2) is 86.7 Å². The summed E-state index contributed by atoms with van der Waals surface area (Å²) in [7, 11) is 7.12. The van der Waals surface area contributed by atoms with E-state index in [1.165, 1.54) is 24.9 Å². The maximum absolute atomic E-state index is 13.8. The molecule has 0 fully saturated rings. The number of nitrogens with zero attached hydrogens (tertiary/aromatic N) is 4. The van der Waals surface area contributed by atoms with Gasteiger partial charge in [-0.05, 0) is 61.2 Å². The number of hydrogen-bond donors (Lipinski definition) is 4. The zero-order chi connectivity index (χ0) is 38.6. The highest BCUT2D eigenvalue weighted by Gasteiger charge is 2.39. The average Bonchev–Trinajstić information content (AvgIpc) is 3.68. The molecule has 0 radical (unpaired) electrons. The molecule has 2 aliphatic rings. The molecule has 6 rings (SSSR count). The van der Waals surface area contributed by atoms with Gasteiger partial charge in [-0.25, -0.2) is 4.98 Å². The van der Waals surface area contributed by atoms with Crippen molar-refractivity contribution in [2.45, 2.75) is 39.2 Å². The van der Waals surface area contributed by atoms with Crippen LogP contribution in [0.15, 0.2) is 67.0 Å². The van der Waals surface area contributed by atoms with Crippen molar-refractivity contribution in [1.29, 1.82) is 0 Å². The van der Waals surface area contributed by atoms with Crippen molar-refractivity contribution >= 4 is 46.4 Å². The Balaban J connectivity index is 0.986. The van der Waals surface area contributed by atoms with Crippen molar-refractivity contribution in [2.75, 3.05) is 67.9 Å². The molecular formula is C40H48N8O6. The minimum Gasteiger partial charge on any atom is -0.493 e. The van der Waals surface area contributed by atoms with Gasteiger partial charge in [-0.1, -0.05) is 32.0 Å². The molecule has 4 aromatic rings. The molecule has 0 aliphatic carbocycles. The molecule has 2 aromatic heterocycles. The lowest BCUT2D eigenvalue weighted by molar-refractivity contribution is -0.116. The summed E-state index contributed by atoms with van der Waals surface area (Å²) in [4.78, 5) is 60.4. The lowest BCUT2D eigenvalue weighted by Gasteiger charge is -2.25. The van der Waals surface area contributed by atoms with Crippen LogP contribution in [0.2, 0.25) is 0 Å². The Labute approximate surface area is 315 Å². The summed E-state index contributed by atoms with van der Waals surface area (Å²) < 4.78 is 13.4. The average molecular weight is 737 g/mol. The lowest BCUT2D eigenvalue weighted by Crippen LogP contribution is -2.41. The van der Waals surface area contributed by atoms with Gasteiger partial charge in [0.2, 0.25) is 5.91 Å². The van der Waals surface area contributed by atoms with E-state index < -0.39 is 5.91 Å². The van der Waals surface area contributed by atoms with Crippen molar-refractivity contribution < 1.29 is 28.7 Å². The number of benzene rings is 2. The molecule has 0 saturated carbocycles. The number of amides is 4. The number of aryl methyl sites for hydroxylation is 1. The number of rotatable bonds is 14. The van der Waals surface area contributed by atoms with E-state index in [1.807, 2.05) is 43.3 Å². The van der Waals surface area contributed by atoms with Gasteiger partial charge in [0.1, 0.15) is 11.4 Å². The molecule has 14 heteroatoms. The Morgan fingerprint density at radius 1 is 0.944 bits per heavy atom. The summed E-state index contributed by atoms with van der Waals surface area (Å²) >= 11 is 0. The highest BCUT2D eigenvalue weighted by atomic mass is 16.5. The third kappa shape index (κ3) is 8.33. The maximum atomic E-state index is 13.8. The minimum atomic E-state index is -0.452. The molecule has 284 valence electrons. The predicted octanol–water partition coefficient (Wildman–Crippen LogP) is 4.48. The van der Waals surface area contributed by atoms with Crippen LogP contribution in [0.25, 0.3) is 0 Å². The first kappa shape index (κ1) is 37.9. The van der Waals surface area contributed by atoms with Gasteiger partial charge in [0.05, 0.1) is 48.6 Å². The number of anilines is 4. The van der Waals surface area contributed by atoms with Crippen LogP contribution in [-0.2, 0) is 18.3 Å². The molecule has 2 aromatic carbocycles. The first-order valence-corrected chi connectivity index (χ1v) is 18.0. The Kier molecular flexibility index (Phi) is 11.2. The fourth-order valence-electron chi connectivity index (χ4n) is 6.98. The second-order valence-corrected chi connectivity index (χ2v) is 14.6. The number of fused-ring (bicyclic) bond motifs is 4. The smallest absolute Gasteiger partial charge is 0.274 e. The molecule has 4 N–H and O–H groups in total. The first-order valence-electron chi connectivity index (χ1n) is 18.0. The van der Waals surface area contributed by atoms with Crippen molar-refractivity contribution in [3.63, 3.8) is 0 Å². The molecule has 54 heavy (non-hydrogen) atoms. The topological polar surface area (TPSA) is 159 Å². The van der Waals surface area contributed by atoms with E-state index in [0.717, 1.165) is 24.3 Å². The van der Waals surface area contributed by atoms with Crippen LogP contribution < -0.4 is 40.5 Å². The molecule has 0 spiro atoms. The Bertz CT molecular complexity index is 2040. The van der Waals surface area contributed by atoms with Gasteiger partial charge >= 0.3 is 0 Å². The van der Waals surface area contributed by atoms with E-state index in [9.17, 15) is 19.2 Å². The van der Waals surface area contributed by atoms with Crippen LogP contribution in [0.1, 0.15) is 63.6 Å². The monoisotopic (exact) mass is 736 g/mol. The van der Waals surface area contributed by atoms with Crippen LogP contribution >= 0.6 is 0 Å². The Morgan fingerprint density at radius 2 is 1.74 bits per heavy atom. The fourth-order valence-corrected chi connectivity index (χ4v) is 6.98. The van der Waals surface area contributed by atoms with Crippen LogP contribution in [0.3, 0.4) is 0 Å². The highest BCUT2D eigenvalue weighted by Crippen LogP contribution is 2.42. The maximum Gasteiger partial charge on any atom is 0.274 e. The number of aromatic nitrogens is 2. The van der Waals surface area contributed by atoms with Crippen molar-refractivity contribution in [3.05, 3.63) is 89.5 Å². The van der Waals surface area contributed by atoms with E-state index >= 15 is 0 Å². The quantitative estimate of drug-likeness (QED) is 0.137. The number of pyridine rings is 1. The number of ether oxygens (including phenoxy) is 2. The van der Waals surface area contributed by atoms with E-state index in [2.05, 4.69) is 51.1 Å². The van der Waals surface area contributed by atoms with Crippen molar-refractivity contribution in [2.24, 2.45) is 12.5 Å². The predicted molar refractivity (Wildman–Crippen MR) is 208 cm³/mol. The second kappa shape index (κ2) is 16.0. The SMILES string of the molecule is CNCC(C)(C)CNC(=O)c1cc(NC(=O)c2ccc(NC(=O)CCCOc3cc4c(cc3OC)C(=O)N3c5ccccc5C[C@H]3CN4C)cn2)cn1C. The number of nitrogens with one attached hydrogen (secondary N) is 4. The Hall–Kier alpha value is -5.89. The molecular weight excluding hydrogens is 688 g/mol. The zero-order valence-corrected chi connectivity index (χ0v) is 31.6. The molecule has 0 unspecified atom stereocenters. The van der Waals surface area contributed by atoms with E-state index in [0.29, 0.717) is 53.6 Å². The van der Waals surface area contributed by atoms with Gasteiger partial charge < -0.3 is 45.1 Å². The number of para-hydroxylation sites is 1. The minimum absolute atomic E-state index is 0.0277. The lowest BCUT2D eigenvalue weighted by atomic mass is 9.93. The molecule has 14 nitrogen and oxygen atoms in total. The van der Waals surface area contributed by atoms with Gasteiger partial charge in [-0.2, -0.15) is 0 Å². The van der Waals surface area contributed by atoms with Gasteiger partial charge in [-0.15, -0.1) is 0 Å². The van der Waals surface area contributed by atoms with Gasteiger partial charge in [0.25, 0.3) is 17.7 Å². The third-order valence-corrected chi connectivity index (χ3v) is 9.66. The van der Waals surface area contributed by atoms with Crippen molar-refractivity contribution in [1.82, 2.24) is 20.2 Å².